The number of aryl methyl sites for hydroxylation is 1. The van der Waals surface area contributed by atoms with E-state index in [4.69, 9.17) is 4.74 Å². The van der Waals surface area contributed by atoms with Gasteiger partial charge in [-0.05, 0) is 72.6 Å². The predicted molar refractivity (Wildman–Crippen MR) is 138 cm³/mol. The van der Waals surface area contributed by atoms with Crippen molar-refractivity contribution in [2.24, 2.45) is 17.8 Å². The van der Waals surface area contributed by atoms with E-state index in [1.807, 2.05) is 49.4 Å². The molecule has 186 valence electrons. The molecule has 8 rings (SSSR count). The van der Waals surface area contributed by atoms with Crippen molar-refractivity contribution in [3.05, 3.63) is 101 Å². The predicted octanol–water partition coefficient (Wildman–Crippen LogP) is 5.35. The molecule has 0 spiro atoms. The highest BCUT2D eigenvalue weighted by Crippen LogP contribution is 2.61. The zero-order valence-corrected chi connectivity index (χ0v) is 20.8. The van der Waals surface area contributed by atoms with Crippen molar-refractivity contribution in [2.45, 2.75) is 50.5 Å². The number of benzene rings is 3. The van der Waals surface area contributed by atoms with E-state index in [0.29, 0.717) is 31.4 Å². The fourth-order valence-corrected chi connectivity index (χ4v) is 7.51. The Morgan fingerprint density at radius 1 is 0.730 bits per heavy atom. The first-order chi connectivity index (χ1) is 18.0. The van der Waals surface area contributed by atoms with Crippen molar-refractivity contribution in [3.63, 3.8) is 0 Å². The number of carbonyl (C=O) groups is 3. The number of ether oxygens (including phenoxy) is 1. The summed E-state index contributed by atoms with van der Waals surface area (Å²) in [7, 11) is 0. The normalized spacial score (nSPS) is 29.5. The first-order valence-corrected chi connectivity index (χ1v) is 13.4. The van der Waals surface area contributed by atoms with Crippen LogP contribution in [0.15, 0.2) is 72.8 Å². The van der Waals surface area contributed by atoms with Crippen LogP contribution in [0.2, 0.25) is 0 Å². The van der Waals surface area contributed by atoms with Crippen molar-refractivity contribution >= 4 is 17.8 Å². The number of imide groups is 1. The summed E-state index contributed by atoms with van der Waals surface area (Å²) in [4.78, 5) is 42.3. The lowest BCUT2D eigenvalue weighted by Crippen LogP contribution is -2.44. The lowest BCUT2D eigenvalue weighted by molar-refractivity contribution is -0.144. The molecule has 1 aliphatic heterocycles. The minimum Gasteiger partial charge on any atom is -0.426 e. The van der Waals surface area contributed by atoms with Crippen LogP contribution in [0, 0.1) is 24.7 Å². The van der Waals surface area contributed by atoms with Crippen molar-refractivity contribution in [1.29, 1.82) is 0 Å². The largest absolute Gasteiger partial charge is 0.426 e. The molecule has 4 aliphatic carbocycles. The fourth-order valence-electron chi connectivity index (χ4n) is 7.51. The molecule has 0 N–H and O–H groups in total. The van der Waals surface area contributed by atoms with Gasteiger partial charge in [0, 0.05) is 17.9 Å². The molecule has 2 unspecified atom stereocenters. The zero-order valence-electron chi connectivity index (χ0n) is 20.8. The molecule has 5 heteroatoms. The highest BCUT2D eigenvalue weighted by Gasteiger charge is 2.62. The molecule has 3 aromatic carbocycles. The number of rotatable bonds is 3. The number of esters is 1. The molecule has 1 heterocycles. The van der Waals surface area contributed by atoms with Gasteiger partial charge in [0.2, 0.25) is 11.8 Å². The van der Waals surface area contributed by atoms with Crippen molar-refractivity contribution in [3.8, 4) is 5.75 Å². The maximum Gasteiger partial charge on any atom is 0.314 e. The minimum atomic E-state index is -0.341. The molecular formula is C32H29NO4. The molecule has 0 radical (unpaired) electrons. The molecule has 5 nitrogen and oxygen atoms in total. The Labute approximate surface area is 216 Å². The Balaban J connectivity index is 1.12. The Hall–Kier alpha value is -3.73. The lowest BCUT2D eigenvalue weighted by atomic mass is 9.55. The second-order valence-corrected chi connectivity index (χ2v) is 11.1. The quantitative estimate of drug-likeness (QED) is 0.281. The minimum absolute atomic E-state index is 0.0280. The van der Waals surface area contributed by atoms with Gasteiger partial charge < -0.3 is 4.74 Å². The van der Waals surface area contributed by atoms with E-state index in [0.717, 1.165) is 5.56 Å². The van der Waals surface area contributed by atoms with Crippen LogP contribution < -0.4 is 4.74 Å². The van der Waals surface area contributed by atoms with Gasteiger partial charge >= 0.3 is 5.97 Å². The van der Waals surface area contributed by atoms with Gasteiger partial charge in [0.05, 0.1) is 17.8 Å². The van der Waals surface area contributed by atoms with E-state index in [1.54, 1.807) is 11.0 Å². The smallest absolute Gasteiger partial charge is 0.314 e. The summed E-state index contributed by atoms with van der Waals surface area (Å²) >= 11 is 0. The number of hydrogen-bond acceptors (Lipinski definition) is 4. The van der Waals surface area contributed by atoms with Gasteiger partial charge in [-0.3, -0.25) is 19.3 Å². The third kappa shape index (κ3) is 3.33. The van der Waals surface area contributed by atoms with Gasteiger partial charge in [0.25, 0.3) is 0 Å². The second kappa shape index (κ2) is 8.41. The van der Waals surface area contributed by atoms with Gasteiger partial charge in [0.15, 0.2) is 0 Å². The summed E-state index contributed by atoms with van der Waals surface area (Å²) < 4.78 is 5.64. The first kappa shape index (κ1) is 22.5. The number of amides is 2. The standard InChI is InChI=1S/C32H29NO4/c1-18-7-6-8-21(17-18)37-32(36)19-13-15-20(16-14-19)33-30(34)28-26-22-9-2-3-10-23(22)27(29(28)31(33)35)25-12-5-4-11-24(25)26/h2-12,17,19-20,26-29H,13-16H2,1H3. The Bertz CT molecular complexity index is 1320. The average Bonchev–Trinajstić information content (AvgIpc) is 3.19. The van der Waals surface area contributed by atoms with Gasteiger partial charge in [-0.15, -0.1) is 0 Å². The highest BCUT2D eigenvalue weighted by molar-refractivity contribution is 6.08. The molecule has 0 aromatic heterocycles. The Kier molecular flexibility index (Phi) is 5.10. The molecule has 2 amide bonds. The number of nitrogens with zero attached hydrogens (tertiary/aromatic N) is 1. The summed E-state index contributed by atoms with van der Waals surface area (Å²) in [5.74, 6) is -0.765. The molecule has 2 bridgehead atoms. The lowest BCUT2D eigenvalue weighted by Gasteiger charge is -2.45. The first-order valence-electron chi connectivity index (χ1n) is 13.4. The summed E-state index contributed by atoms with van der Waals surface area (Å²) in [5.41, 5.74) is 5.81. The van der Waals surface area contributed by atoms with E-state index in [2.05, 4.69) is 24.3 Å². The van der Waals surface area contributed by atoms with Crippen molar-refractivity contribution in [1.82, 2.24) is 4.90 Å². The number of hydrogen-bond donors (Lipinski definition) is 0. The van der Waals surface area contributed by atoms with Gasteiger partial charge in [-0.2, -0.15) is 0 Å². The zero-order chi connectivity index (χ0) is 25.3. The monoisotopic (exact) mass is 491 g/mol. The second-order valence-electron chi connectivity index (χ2n) is 11.1. The molecular weight excluding hydrogens is 462 g/mol. The van der Waals surface area contributed by atoms with E-state index in [-0.39, 0.29) is 53.4 Å². The van der Waals surface area contributed by atoms with Crippen LogP contribution in [-0.4, -0.2) is 28.7 Å². The van der Waals surface area contributed by atoms with Crippen molar-refractivity contribution < 1.29 is 19.1 Å². The molecule has 5 aliphatic rings. The average molecular weight is 492 g/mol. The van der Waals surface area contributed by atoms with Crippen LogP contribution in [-0.2, 0) is 14.4 Å². The van der Waals surface area contributed by atoms with Crippen LogP contribution in [0.1, 0.15) is 65.3 Å². The molecule has 37 heavy (non-hydrogen) atoms. The van der Waals surface area contributed by atoms with E-state index in [9.17, 15) is 14.4 Å². The van der Waals surface area contributed by atoms with Gasteiger partial charge in [0.1, 0.15) is 5.75 Å². The summed E-state index contributed by atoms with van der Waals surface area (Å²) in [5, 5.41) is 0. The highest BCUT2D eigenvalue weighted by atomic mass is 16.5. The third-order valence-corrected chi connectivity index (χ3v) is 9.09. The molecule has 1 saturated carbocycles. The summed E-state index contributed by atoms with van der Waals surface area (Å²) in [6, 6.07) is 24.0. The molecule has 2 atom stereocenters. The maximum absolute atomic E-state index is 14.0. The third-order valence-electron chi connectivity index (χ3n) is 9.09. The van der Waals surface area contributed by atoms with Crippen LogP contribution >= 0.6 is 0 Å². The van der Waals surface area contributed by atoms with E-state index < -0.39 is 0 Å². The summed E-state index contributed by atoms with van der Waals surface area (Å²) in [6.45, 7) is 1.97. The number of carbonyl (C=O) groups excluding carboxylic acids is 3. The van der Waals surface area contributed by atoms with Gasteiger partial charge in [-0.1, -0.05) is 60.7 Å². The number of likely N-dealkylation sites (tertiary alicyclic amines) is 1. The SMILES string of the molecule is Cc1cccc(OC(=O)C2CCC(N3C(=O)C4C5c6ccccc6C(c6ccccc65)C4C3=O)CC2)c1. The Morgan fingerprint density at radius 2 is 1.24 bits per heavy atom. The van der Waals surface area contributed by atoms with E-state index in [1.165, 1.54) is 22.3 Å². The van der Waals surface area contributed by atoms with E-state index >= 15 is 0 Å². The van der Waals surface area contributed by atoms with Crippen molar-refractivity contribution in [2.75, 3.05) is 0 Å². The fraction of sp³-hybridized carbons (Fsp3) is 0.344. The molecule has 1 saturated heterocycles. The van der Waals surface area contributed by atoms with Crippen LogP contribution in [0.3, 0.4) is 0 Å². The molecule has 3 aromatic rings. The van der Waals surface area contributed by atoms with Gasteiger partial charge in [-0.25, -0.2) is 0 Å². The maximum atomic E-state index is 14.0. The topological polar surface area (TPSA) is 63.7 Å². The van der Waals surface area contributed by atoms with Crippen LogP contribution in [0.25, 0.3) is 0 Å². The Morgan fingerprint density at radius 3 is 1.73 bits per heavy atom. The molecule has 2 fully saturated rings. The van der Waals surface area contributed by atoms with Crippen LogP contribution in [0.5, 0.6) is 5.75 Å². The van der Waals surface area contributed by atoms with Crippen LogP contribution in [0.4, 0.5) is 0 Å². The summed E-state index contributed by atoms with van der Waals surface area (Å²) in [6.07, 6.45) is 2.52.